The number of benzene rings is 1. The molecule has 1 aromatic carbocycles. The zero-order valence-electron chi connectivity index (χ0n) is 11.2. The fourth-order valence-electron chi connectivity index (χ4n) is 1.65. The van der Waals surface area contributed by atoms with E-state index in [0.29, 0.717) is 22.7 Å². The molecule has 0 fully saturated rings. The first-order valence-corrected chi connectivity index (χ1v) is 5.72. The number of methoxy groups -OCH3 is 1. The number of anilines is 1. The van der Waals surface area contributed by atoms with Crippen LogP contribution in [-0.4, -0.2) is 23.8 Å². The van der Waals surface area contributed by atoms with Gasteiger partial charge in [0.15, 0.2) is 11.5 Å². The van der Waals surface area contributed by atoms with Gasteiger partial charge in [-0.25, -0.2) is 9.78 Å². The number of nitrogens with zero attached hydrogens (tertiary/aromatic N) is 4. The maximum atomic E-state index is 11.6. The number of hydrogen-bond acceptors (Lipinski definition) is 8. The second kappa shape index (κ2) is 5.72. The SMILES string of the molecule is COC(=O)c1cc(NN=C(C#N)C#N)c2oc(C)nc2c1. The first-order chi connectivity index (χ1) is 10.1. The van der Waals surface area contributed by atoms with Gasteiger partial charge in [0.1, 0.15) is 23.3 Å². The van der Waals surface area contributed by atoms with Gasteiger partial charge in [-0.05, 0) is 12.1 Å². The van der Waals surface area contributed by atoms with E-state index in [-0.39, 0.29) is 11.3 Å². The van der Waals surface area contributed by atoms with E-state index in [0.717, 1.165) is 0 Å². The van der Waals surface area contributed by atoms with Gasteiger partial charge in [0, 0.05) is 6.92 Å². The number of aromatic nitrogens is 1. The van der Waals surface area contributed by atoms with E-state index in [1.807, 2.05) is 0 Å². The highest BCUT2D eigenvalue weighted by atomic mass is 16.5. The largest absolute Gasteiger partial charge is 0.465 e. The van der Waals surface area contributed by atoms with Crippen molar-refractivity contribution in [3.05, 3.63) is 23.6 Å². The van der Waals surface area contributed by atoms with Crippen LogP contribution in [0.4, 0.5) is 5.69 Å². The third kappa shape index (κ3) is 2.80. The van der Waals surface area contributed by atoms with E-state index < -0.39 is 5.97 Å². The lowest BCUT2D eigenvalue weighted by Crippen LogP contribution is -2.03. The van der Waals surface area contributed by atoms with Gasteiger partial charge in [-0.1, -0.05) is 0 Å². The van der Waals surface area contributed by atoms with Crippen LogP contribution in [0.5, 0.6) is 0 Å². The zero-order valence-corrected chi connectivity index (χ0v) is 11.2. The van der Waals surface area contributed by atoms with Crippen molar-refractivity contribution >= 4 is 28.5 Å². The molecule has 0 aliphatic rings. The fraction of sp³-hybridized carbons (Fsp3) is 0.154. The standard InChI is InChI=1S/C13H9N5O3/c1-7-16-10-3-8(13(19)20-2)4-11(12(10)21-7)18-17-9(5-14)6-15/h3-4,18H,1-2H3. The van der Waals surface area contributed by atoms with E-state index >= 15 is 0 Å². The molecule has 0 saturated heterocycles. The molecule has 1 N–H and O–H groups in total. The maximum Gasteiger partial charge on any atom is 0.338 e. The maximum absolute atomic E-state index is 11.6. The van der Waals surface area contributed by atoms with Gasteiger partial charge in [0.2, 0.25) is 5.71 Å². The van der Waals surface area contributed by atoms with Crippen LogP contribution in [0, 0.1) is 29.6 Å². The van der Waals surface area contributed by atoms with Crippen LogP contribution in [0.1, 0.15) is 16.2 Å². The molecule has 0 amide bonds. The number of ether oxygens (including phenoxy) is 1. The molecule has 0 saturated carbocycles. The van der Waals surface area contributed by atoms with E-state index in [9.17, 15) is 4.79 Å². The van der Waals surface area contributed by atoms with Gasteiger partial charge in [0.05, 0.1) is 12.7 Å². The number of hydrogen-bond donors (Lipinski definition) is 1. The topological polar surface area (TPSA) is 124 Å². The Morgan fingerprint density at radius 2 is 2.14 bits per heavy atom. The number of nitrogens with one attached hydrogen (secondary N) is 1. The molecule has 0 bridgehead atoms. The monoisotopic (exact) mass is 283 g/mol. The Bertz CT molecular complexity index is 807. The Balaban J connectivity index is 2.55. The Hall–Kier alpha value is -3.39. The van der Waals surface area contributed by atoms with E-state index in [2.05, 4.69) is 20.2 Å². The Labute approximate surface area is 119 Å². The minimum absolute atomic E-state index is 0.242. The minimum Gasteiger partial charge on any atom is -0.465 e. The summed E-state index contributed by atoms with van der Waals surface area (Å²) in [7, 11) is 1.26. The number of hydrazone groups is 1. The highest BCUT2D eigenvalue weighted by Gasteiger charge is 2.14. The molecule has 1 heterocycles. The van der Waals surface area contributed by atoms with Gasteiger partial charge >= 0.3 is 5.97 Å². The molecule has 8 nitrogen and oxygen atoms in total. The molecule has 0 aliphatic heterocycles. The first-order valence-electron chi connectivity index (χ1n) is 5.72. The van der Waals surface area contributed by atoms with Crippen LogP contribution < -0.4 is 5.43 Å². The number of oxazole rings is 1. The van der Waals surface area contributed by atoms with Crippen molar-refractivity contribution in [2.75, 3.05) is 12.5 Å². The highest BCUT2D eigenvalue weighted by molar-refractivity contribution is 6.10. The molecule has 0 atom stereocenters. The molecule has 104 valence electrons. The number of carbonyl (C=O) groups excluding carboxylic acids is 1. The summed E-state index contributed by atoms with van der Waals surface area (Å²) < 4.78 is 10.1. The summed E-state index contributed by atoms with van der Waals surface area (Å²) >= 11 is 0. The second-order valence-electron chi connectivity index (χ2n) is 3.89. The molecule has 0 unspecified atom stereocenters. The molecular weight excluding hydrogens is 274 g/mol. The van der Waals surface area contributed by atoms with Crippen LogP contribution in [0.3, 0.4) is 0 Å². The van der Waals surface area contributed by atoms with Gasteiger partial charge in [-0.2, -0.15) is 15.6 Å². The van der Waals surface area contributed by atoms with Crippen LogP contribution in [0.25, 0.3) is 11.1 Å². The molecule has 2 aromatic rings. The number of fused-ring (bicyclic) bond motifs is 1. The normalized spacial score (nSPS) is 9.52. The van der Waals surface area contributed by atoms with E-state index in [1.165, 1.54) is 19.2 Å². The number of rotatable bonds is 3. The van der Waals surface area contributed by atoms with Gasteiger partial charge < -0.3 is 9.15 Å². The summed E-state index contributed by atoms with van der Waals surface area (Å²) in [5.74, 6) is -0.148. The van der Waals surface area contributed by atoms with Crippen LogP contribution in [0.15, 0.2) is 21.7 Å². The van der Waals surface area contributed by atoms with Gasteiger partial charge in [-0.15, -0.1) is 0 Å². The summed E-state index contributed by atoms with van der Waals surface area (Å²) in [5.41, 5.74) is 3.50. The Kier molecular flexibility index (Phi) is 3.82. The third-order valence-electron chi connectivity index (χ3n) is 2.52. The smallest absolute Gasteiger partial charge is 0.338 e. The van der Waals surface area contributed by atoms with Crippen molar-refractivity contribution in [3.63, 3.8) is 0 Å². The molecule has 8 heteroatoms. The zero-order chi connectivity index (χ0) is 15.4. The Morgan fingerprint density at radius 3 is 2.76 bits per heavy atom. The van der Waals surface area contributed by atoms with Crippen LogP contribution in [0.2, 0.25) is 0 Å². The lowest BCUT2D eigenvalue weighted by molar-refractivity contribution is 0.0601. The Morgan fingerprint density at radius 1 is 1.43 bits per heavy atom. The van der Waals surface area contributed by atoms with Crippen molar-refractivity contribution in [3.8, 4) is 12.1 Å². The predicted molar refractivity (Wildman–Crippen MR) is 72.4 cm³/mol. The quantitative estimate of drug-likeness (QED) is 0.516. The lowest BCUT2D eigenvalue weighted by atomic mass is 10.2. The molecule has 0 spiro atoms. The lowest BCUT2D eigenvalue weighted by Gasteiger charge is -2.04. The summed E-state index contributed by atoms with van der Waals surface area (Å²) in [6.45, 7) is 1.65. The van der Waals surface area contributed by atoms with Gasteiger partial charge in [0.25, 0.3) is 0 Å². The van der Waals surface area contributed by atoms with Crippen molar-refractivity contribution in [1.82, 2.24) is 4.98 Å². The summed E-state index contributed by atoms with van der Waals surface area (Å²) in [6, 6.07) is 6.18. The second-order valence-corrected chi connectivity index (χ2v) is 3.89. The molecular formula is C13H9N5O3. The number of aryl methyl sites for hydroxylation is 1. The first kappa shape index (κ1) is 14.0. The van der Waals surface area contributed by atoms with Crippen molar-refractivity contribution in [2.45, 2.75) is 6.92 Å². The minimum atomic E-state index is -0.551. The van der Waals surface area contributed by atoms with Crippen LogP contribution in [-0.2, 0) is 4.74 Å². The summed E-state index contributed by atoms with van der Waals surface area (Å²) in [5, 5.41) is 20.9. The highest BCUT2D eigenvalue weighted by Crippen LogP contribution is 2.26. The number of esters is 1. The molecule has 0 radical (unpaired) electrons. The molecule has 21 heavy (non-hydrogen) atoms. The van der Waals surface area contributed by atoms with Crippen molar-refractivity contribution in [2.24, 2.45) is 5.10 Å². The fourth-order valence-corrected chi connectivity index (χ4v) is 1.65. The van der Waals surface area contributed by atoms with Crippen molar-refractivity contribution in [1.29, 1.82) is 10.5 Å². The van der Waals surface area contributed by atoms with E-state index in [1.54, 1.807) is 19.1 Å². The number of nitriles is 2. The average molecular weight is 283 g/mol. The molecule has 2 rings (SSSR count). The number of carbonyl (C=O) groups is 1. The van der Waals surface area contributed by atoms with Crippen molar-refractivity contribution < 1.29 is 13.9 Å². The summed E-state index contributed by atoms with van der Waals surface area (Å²) in [4.78, 5) is 15.7. The molecule has 1 aromatic heterocycles. The molecule has 0 aliphatic carbocycles. The third-order valence-corrected chi connectivity index (χ3v) is 2.52. The summed E-state index contributed by atoms with van der Waals surface area (Å²) in [6.07, 6.45) is 0. The van der Waals surface area contributed by atoms with Crippen LogP contribution >= 0.6 is 0 Å². The van der Waals surface area contributed by atoms with Gasteiger partial charge in [-0.3, -0.25) is 5.43 Å². The van der Waals surface area contributed by atoms with E-state index in [4.69, 9.17) is 14.9 Å². The predicted octanol–water partition coefficient (Wildman–Crippen LogP) is 1.74. The average Bonchev–Trinajstić information content (AvgIpc) is 2.87.